The number of amides is 1. The van der Waals surface area contributed by atoms with Gasteiger partial charge in [0.25, 0.3) is 5.91 Å². The van der Waals surface area contributed by atoms with Crippen molar-refractivity contribution in [2.45, 2.75) is 12.5 Å². The van der Waals surface area contributed by atoms with Gasteiger partial charge < -0.3 is 10.0 Å². The highest BCUT2D eigenvalue weighted by molar-refractivity contribution is 6.42. The Labute approximate surface area is 136 Å². The van der Waals surface area contributed by atoms with Crippen LogP contribution in [0.5, 0.6) is 0 Å². The van der Waals surface area contributed by atoms with E-state index >= 15 is 0 Å². The van der Waals surface area contributed by atoms with Crippen molar-refractivity contribution in [1.29, 1.82) is 0 Å². The average molecular weight is 340 g/mol. The maximum Gasteiger partial charge on any atom is 0.258 e. The van der Waals surface area contributed by atoms with Crippen LogP contribution in [0.3, 0.4) is 0 Å². The molecule has 1 unspecified atom stereocenters. The molecule has 3 rings (SSSR count). The highest BCUT2D eigenvalue weighted by atomic mass is 35.5. The Balaban J connectivity index is 2.00. The molecule has 3 nitrogen and oxygen atoms in total. The number of fused-ring (bicyclic) bond motifs is 1. The van der Waals surface area contributed by atoms with E-state index in [1.54, 1.807) is 12.1 Å². The minimum absolute atomic E-state index is 0.265. The van der Waals surface area contributed by atoms with E-state index in [4.69, 9.17) is 23.2 Å². The number of halogens is 3. The van der Waals surface area contributed by atoms with E-state index in [2.05, 4.69) is 0 Å². The van der Waals surface area contributed by atoms with Crippen LogP contribution < -0.4 is 4.90 Å². The van der Waals surface area contributed by atoms with Crippen LogP contribution in [0.2, 0.25) is 10.0 Å². The number of hydrogen-bond acceptors (Lipinski definition) is 2. The fourth-order valence-electron chi connectivity index (χ4n) is 2.56. The van der Waals surface area contributed by atoms with Gasteiger partial charge in [-0.05, 0) is 42.8 Å². The molecule has 1 aliphatic rings. The van der Waals surface area contributed by atoms with Crippen molar-refractivity contribution in [2.24, 2.45) is 0 Å². The molecule has 22 heavy (non-hydrogen) atoms. The van der Waals surface area contributed by atoms with E-state index in [9.17, 15) is 14.3 Å². The molecule has 1 aliphatic heterocycles. The first-order chi connectivity index (χ1) is 10.5. The predicted molar refractivity (Wildman–Crippen MR) is 84.1 cm³/mol. The molecule has 0 aromatic heterocycles. The molecule has 1 heterocycles. The number of carbonyl (C=O) groups excluding carboxylic acids is 1. The van der Waals surface area contributed by atoms with E-state index in [1.165, 1.54) is 29.2 Å². The monoisotopic (exact) mass is 339 g/mol. The lowest BCUT2D eigenvalue weighted by Gasteiger charge is -2.32. The quantitative estimate of drug-likeness (QED) is 0.845. The van der Waals surface area contributed by atoms with E-state index in [1.807, 2.05) is 0 Å². The summed E-state index contributed by atoms with van der Waals surface area (Å²) in [4.78, 5) is 14.2. The summed E-state index contributed by atoms with van der Waals surface area (Å²) in [5.41, 5.74) is 1.32. The summed E-state index contributed by atoms with van der Waals surface area (Å²) in [6.45, 7) is 0.346. The number of rotatable bonds is 1. The van der Waals surface area contributed by atoms with Gasteiger partial charge in [0.2, 0.25) is 0 Å². The molecule has 1 amide bonds. The van der Waals surface area contributed by atoms with Crippen LogP contribution in [-0.4, -0.2) is 17.6 Å². The third-order valence-corrected chi connectivity index (χ3v) is 4.42. The number of nitrogens with zero attached hydrogens (tertiary/aromatic N) is 1. The number of hydrogen-bond donors (Lipinski definition) is 1. The highest BCUT2D eigenvalue weighted by Gasteiger charge is 2.28. The van der Waals surface area contributed by atoms with Gasteiger partial charge in [-0.1, -0.05) is 23.2 Å². The van der Waals surface area contributed by atoms with Crippen molar-refractivity contribution >= 4 is 34.8 Å². The highest BCUT2D eigenvalue weighted by Crippen LogP contribution is 2.35. The van der Waals surface area contributed by atoms with Gasteiger partial charge in [-0.25, -0.2) is 4.39 Å². The fraction of sp³-hybridized carbons (Fsp3) is 0.188. The second-order valence-electron chi connectivity index (χ2n) is 5.09. The van der Waals surface area contributed by atoms with Gasteiger partial charge in [0.15, 0.2) is 0 Å². The van der Waals surface area contributed by atoms with Crippen molar-refractivity contribution in [1.82, 2.24) is 0 Å². The van der Waals surface area contributed by atoms with Crippen LogP contribution in [0.4, 0.5) is 10.1 Å². The lowest BCUT2D eigenvalue weighted by atomic mass is 9.98. The van der Waals surface area contributed by atoms with Gasteiger partial charge in [0.1, 0.15) is 5.82 Å². The zero-order valence-corrected chi connectivity index (χ0v) is 12.9. The van der Waals surface area contributed by atoms with Crippen LogP contribution in [-0.2, 0) is 0 Å². The number of aliphatic hydroxyl groups excluding tert-OH is 1. The lowest BCUT2D eigenvalue weighted by Crippen LogP contribution is -2.36. The summed E-state index contributed by atoms with van der Waals surface area (Å²) in [7, 11) is 0. The smallest absolute Gasteiger partial charge is 0.258 e. The van der Waals surface area contributed by atoms with Crippen LogP contribution in [0.15, 0.2) is 36.4 Å². The van der Waals surface area contributed by atoms with Crippen molar-refractivity contribution in [3.05, 3.63) is 63.4 Å². The molecule has 0 spiro atoms. The minimum Gasteiger partial charge on any atom is -0.388 e. The van der Waals surface area contributed by atoms with Crippen LogP contribution >= 0.6 is 23.2 Å². The zero-order chi connectivity index (χ0) is 15.9. The molecule has 0 aliphatic carbocycles. The molecule has 0 saturated carbocycles. The number of benzene rings is 2. The molecular formula is C16H12Cl2FNO2. The topological polar surface area (TPSA) is 40.5 Å². The summed E-state index contributed by atoms with van der Waals surface area (Å²) in [6, 6.07) is 8.68. The third kappa shape index (κ3) is 2.70. The Morgan fingerprint density at radius 1 is 1.18 bits per heavy atom. The fourth-order valence-corrected chi connectivity index (χ4v) is 2.86. The van der Waals surface area contributed by atoms with Crippen LogP contribution in [0, 0.1) is 5.82 Å². The first kappa shape index (κ1) is 15.3. The third-order valence-electron chi connectivity index (χ3n) is 3.68. The molecule has 114 valence electrons. The summed E-state index contributed by atoms with van der Waals surface area (Å²) in [6.07, 6.45) is -0.424. The van der Waals surface area contributed by atoms with Crippen molar-refractivity contribution in [3.63, 3.8) is 0 Å². The summed E-state index contributed by atoms with van der Waals surface area (Å²) >= 11 is 11.8. The second kappa shape index (κ2) is 5.88. The Morgan fingerprint density at radius 3 is 2.68 bits per heavy atom. The van der Waals surface area contributed by atoms with Crippen molar-refractivity contribution in [3.8, 4) is 0 Å². The van der Waals surface area contributed by atoms with E-state index in [0.717, 1.165) is 0 Å². The predicted octanol–water partition coefficient (Wildman–Crippen LogP) is 4.22. The Morgan fingerprint density at radius 2 is 1.95 bits per heavy atom. The van der Waals surface area contributed by atoms with E-state index < -0.39 is 11.9 Å². The molecule has 2 aromatic carbocycles. The standard InChI is InChI=1S/C16H12Cl2FNO2/c17-12-3-1-9(7-13(12)18)16(22)20-6-5-15(21)11-8-10(19)2-4-14(11)20/h1-4,7-8,15,21H,5-6H2. The second-order valence-corrected chi connectivity index (χ2v) is 5.91. The summed E-state index contributed by atoms with van der Waals surface area (Å²) in [5, 5.41) is 10.7. The molecule has 0 bridgehead atoms. The average Bonchev–Trinajstić information content (AvgIpc) is 2.50. The molecule has 0 radical (unpaired) electrons. The van der Waals surface area contributed by atoms with E-state index in [-0.39, 0.29) is 5.91 Å². The van der Waals surface area contributed by atoms with Gasteiger partial charge in [-0.2, -0.15) is 0 Å². The molecule has 0 saturated heterocycles. The maximum absolute atomic E-state index is 13.4. The first-order valence-corrected chi connectivity index (χ1v) is 7.47. The Hall–Kier alpha value is -1.62. The van der Waals surface area contributed by atoms with Gasteiger partial charge in [0, 0.05) is 23.4 Å². The summed E-state index contributed by atoms with van der Waals surface area (Å²) < 4.78 is 13.4. The van der Waals surface area contributed by atoms with Gasteiger partial charge in [0.05, 0.1) is 16.1 Å². The van der Waals surface area contributed by atoms with Crippen molar-refractivity contribution in [2.75, 3.05) is 11.4 Å². The largest absolute Gasteiger partial charge is 0.388 e. The molecule has 1 atom stereocenters. The van der Waals surface area contributed by atoms with E-state index in [0.29, 0.717) is 39.8 Å². The van der Waals surface area contributed by atoms with Gasteiger partial charge in [-0.3, -0.25) is 4.79 Å². The zero-order valence-electron chi connectivity index (χ0n) is 11.4. The SMILES string of the molecule is O=C(c1ccc(Cl)c(Cl)c1)N1CCC(O)c2cc(F)ccc21. The molecule has 2 aromatic rings. The van der Waals surface area contributed by atoms with Crippen LogP contribution in [0.25, 0.3) is 0 Å². The van der Waals surface area contributed by atoms with Gasteiger partial charge >= 0.3 is 0 Å². The number of aliphatic hydroxyl groups is 1. The molecule has 1 N–H and O–H groups in total. The molecular weight excluding hydrogens is 328 g/mol. The summed E-state index contributed by atoms with van der Waals surface area (Å²) in [5.74, 6) is -0.708. The molecule has 6 heteroatoms. The minimum atomic E-state index is -0.774. The number of carbonyl (C=O) groups is 1. The molecule has 0 fully saturated rings. The number of anilines is 1. The Kier molecular flexibility index (Phi) is 4.08. The lowest BCUT2D eigenvalue weighted by molar-refractivity contribution is 0.0970. The van der Waals surface area contributed by atoms with Crippen LogP contribution in [0.1, 0.15) is 28.4 Å². The van der Waals surface area contributed by atoms with Crippen molar-refractivity contribution < 1.29 is 14.3 Å². The Bertz CT molecular complexity index is 751. The first-order valence-electron chi connectivity index (χ1n) is 6.72. The van der Waals surface area contributed by atoms with Gasteiger partial charge in [-0.15, -0.1) is 0 Å². The maximum atomic E-state index is 13.4. The normalized spacial score (nSPS) is 17.3.